The predicted octanol–water partition coefficient (Wildman–Crippen LogP) is 2.60. The fourth-order valence-corrected chi connectivity index (χ4v) is 3.04. The molecule has 1 aliphatic heterocycles. The first-order valence-corrected chi connectivity index (χ1v) is 8.50. The Bertz CT molecular complexity index is 912. The van der Waals surface area contributed by atoms with Crippen LogP contribution < -0.4 is 19.7 Å². The number of methoxy groups -OCH3 is 2. The highest BCUT2D eigenvalue weighted by molar-refractivity contribution is 6.04. The second-order valence-corrected chi connectivity index (χ2v) is 6.24. The number of carbonyl (C=O) groups excluding carboxylic acids is 2. The molecule has 0 saturated carbocycles. The summed E-state index contributed by atoms with van der Waals surface area (Å²) in [6.07, 6.45) is 0.0438. The van der Waals surface area contributed by atoms with Gasteiger partial charge in [0.15, 0.2) is 0 Å². The number of nitrogens with one attached hydrogen (secondary N) is 1. The number of hydrogen-bond donors (Lipinski definition) is 1. The molecule has 0 bridgehead atoms. The van der Waals surface area contributed by atoms with E-state index in [2.05, 4.69) is 5.32 Å². The Hall–Kier alpha value is -3.62. The van der Waals surface area contributed by atoms with Crippen molar-refractivity contribution in [3.05, 3.63) is 52.6 Å². The second kappa shape index (κ2) is 7.95. The standard InChI is InChI=1S/C19H19N3O6/c1-27-15-6-3-13(4-7-15)20-19(24)12-9-18(23)21(11-12)16-8-5-14(22(25)26)10-17(16)28-2/h3-8,10,12H,9,11H2,1-2H3,(H,20,24)/t12-/m1/s1. The monoisotopic (exact) mass is 385 g/mol. The molecule has 0 aromatic heterocycles. The lowest BCUT2D eigenvalue weighted by Crippen LogP contribution is -2.28. The minimum atomic E-state index is -0.547. The van der Waals surface area contributed by atoms with E-state index >= 15 is 0 Å². The third kappa shape index (κ3) is 3.88. The quantitative estimate of drug-likeness (QED) is 0.604. The maximum atomic E-state index is 12.5. The van der Waals surface area contributed by atoms with E-state index < -0.39 is 10.8 Å². The predicted molar refractivity (Wildman–Crippen MR) is 102 cm³/mol. The lowest BCUT2D eigenvalue weighted by molar-refractivity contribution is -0.384. The number of amides is 2. The maximum Gasteiger partial charge on any atom is 0.273 e. The highest BCUT2D eigenvalue weighted by atomic mass is 16.6. The molecule has 0 spiro atoms. The molecule has 1 aliphatic rings. The van der Waals surface area contributed by atoms with Gasteiger partial charge < -0.3 is 19.7 Å². The van der Waals surface area contributed by atoms with E-state index in [9.17, 15) is 19.7 Å². The van der Waals surface area contributed by atoms with Gasteiger partial charge in [-0.15, -0.1) is 0 Å². The number of ether oxygens (including phenoxy) is 2. The smallest absolute Gasteiger partial charge is 0.273 e. The summed E-state index contributed by atoms with van der Waals surface area (Å²) in [6.45, 7) is 0.162. The van der Waals surface area contributed by atoms with E-state index in [1.165, 1.54) is 30.2 Å². The van der Waals surface area contributed by atoms with Crippen molar-refractivity contribution < 1.29 is 24.0 Å². The van der Waals surface area contributed by atoms with E-state index in [-0.39, 0.29) is 36.2 Å². The molecule has 2 aromatic carbocycles. The van der Waals surface area contributed by atoms with Gasteiger partial charge in [0.1, 0.15) is 11.5 Å². The SMILES string of the molecule is COc1ccc(NC(=O)[C@@H]2CC(=O)N(c3ccc([N+](=O)[O-])cc3OC)C2)cc1. The molecule has 0 unspecified atom stereocenters. The summed E-state index contributed by atoms with van der Waals surface area (Å²) in [5.41, 5.74) is 0.864. The Balaban J connectivity index is 1.74. The van der Waals surface area contributed by atoms with E-state index in [0.29, 0.717) is 17.1 Å². The summed E-state index contributed by atoms with van der Waals surface area (Å²) in [6, 6.07) is 10.9. The van der Waals surface area contributed by atoms with Gasteiger partial charge in [-0.3, -0.25) is 19.7 Å². The van der Waals surface area contributed by atoms with Crippen molar-refractivity contribution in [2.75, 3.05) is 31.0 Å². The van der Waals surface area contributed by atoms with Gasteiger partial charge in [0.25, 0.3) is 5.69 Å². The van der Waals surface area contributed by atoms with Gasteiger partial charge in [0, 0.05) is 24.7 Å². The first-order valence-electron chi connectivity index (χ1n) is 8.50. The van der Waals surface area contributed by atoms with Crippen LogP contribution >= 0.6 is 0 Å². The van der Waals surface area contributed by atoms with Gasteiger partial charge >= 0.3 is 0 Å². The number of benzene rings is 2. The number of rotatable bonds is 6. The normalized spacial score (nSPS) is 16.0. The summed E-state index contributed by atoms with van der Waals surface area (Å²) in [5, 5.41) is 13.7. The second-order valence-electron chi connectivity index (χ2n) is 6.24. The van der Waals surface area contributed by atoms with Crippen LogP contribution in [0.1, 0.15) is 6.42 Å². The summed E-state index contributed by atoms with van der Waals surface area (Å²) < 4.78 is 10.3. The fourth-order valence-electron chi connectivity index (χ4n) is 3.04. The summed E-state index contributed by atoms with van der Waals surface area (Å²) in [5.74, 6) is -0.192. The average molecular weight is 385 g/mol. The van der Waals surface area contributed by atoms with Crippen molar-refractivity contribution in [2.24, 2.45) is 5.92 Å². The van der Waals surface area contributed by atoms with Crippen LogP contribution in [0.3, 0.4) is 0 Å². The Morgan fingerprint density at radius 2 is 1.89 bits per heavy atom. The van der Waals surface area contributed by atoms with Crippen molar-refractivity contribution in [1.29, 1.82) is 0 Å². The lowest BCUT2D eigenvalue weighted by Gasteiger charge is -2.19. The van der Waals surface area contributed by atoms with E-state index in [1.54, 1.807) is 31.4 Å². The van der Waals surface area contributed by atoms with Crippen LogP contribution in [-0.4, -0.2) is 37.5 Å². The van der Waals surface area contributed by atoms with Crippen LogP contribution in [0.25, 0.3) is 0 Å². The summed E-state index contributed by atoms with van der Waals surface area (Å²) in [4.78, 5) is 36.8. The van der Waals surface area contributed by atoms with Crippen molar-refractivity contribution >= 4 is 28.9 Å². The topological polar surface area (TPSA) is 111 Å². The summed E-state index contributed by atoms with van der Waals surface area (Å²) >= 11 is 0. The van der Waals surface area contributed by atoms with Crippen LogP contribution in [0, 0.1) is 16.0 Å². The van der Waals surface area contributed by atoms with Crippen LogP contribution in [-0.2, 0) is 9.59 Å². The van der Waals surface area contributed by atoms with Crippen LogP contribution in [0.2, 0.25) is 0 Å². The number of nitro benzene ring substituents is 1. The van der Waals surface area contributed by atoms with Gasteiger partial charge in [-0.25, -0.2) is 0 Å². The third-order valence-electron chi connectivity index (χ3n) is 4.52. The van der Waals surface area contributed by atoms with E-state index in [1.807, 2.05) is 0 Å². The molecule has 3 rings (SSSR count). The van der Waals surface area contributed by atoms with Gasteiger partial charge in [-0.2, -0.15) is 0 Å². The van der Waals surface area contributed by atoms with Crippen LogP contribution in [0.4, 0.5) is 17.1 Å². The van der Waals surface area contributed by atoms with Gasteiger partial charge in [0.2, 0.25) is 11.8 Å². The van der Waals surface area contributed by atoms with Crippen LogP contribution in [0.15, 0.2) is 42.5 Å². The molecule has 1 atom stereocenters. The van der Waals surface area contributed by atoms with Crippen LogP contribution in [0.5, 0.6) is 11.5 Å². The zero-order valence-corrected chi connectivity index (χ0v) is 15.4. The Labute approximate surface area is 161 Å². The van der Waals surface area contributed by atoms with E-state index in [4.69, 9.17) is 9.47 Å². The van der Waals surface area contributed by atoms with Gasteiger partial charge in [-0.05, 0) is 30.3 Å². The Morgan fingerprint density at radius 1 is 1.18 bits per heavy atom. The van der Waals surface area contributed by atoms with Crippen molar-refractivity contribution in [2.45, 2.75) is 6.42 Å². The molecule has 9 heteroatoms. The number of anilines is 2. The lowest BCUT2D eigenvalue weighted by atomic mass is 10.1. The molecule has 1 fully saturated rings. The molecular weight excluding hydrogens is 366 g/mol. The molecule has 1 heterocycles. The molecule has 0 radical (unpaired) electrons. The van der Waals surface area contributed by atoms with Crippen molar-refractivity contribution in [1.82, 2.24) is 0 Å². The molecule has 2 amide bonds. The number of nitro groups is 1. The van der Waals surface area contributed by atoms with Gasteiger partial charge in [0.05, 0.1) is 36.8 Å². The number of non-ortho nitro benzene ring substituents is 1. The zero-order valence-electron chi connectivity index (χ0n) is 15.4. The number of hydrogen-bond acceptors (Lipinski definition) is 6. The number of carbonyl (C=O) groups is 2. The summed E-state index contributed by atoms with van der Waals surface area (Å²) in [7, 11) is 2.93. The minimum Gasteiger partial charge on any atom is -0.497 e. The Morgan fingerprint density at radius 3 is 2.50 bits per heavy atom. The fraction of sp³-hybridized carbons (Fsp3) is 0.263. The molecule has 9 nitrogen and oxygen atoms in total. The first kappa shape index (κ1) is 19.2. The first-order chi connectivity index (χ1) is 13.4. The zero-order chi connectivity index (χ0) is 20.3. The highest BCUT2D eigenvalue weighted by Crippen LogP contribution is 2.36. The average Bonchev–Trinajstić information content (AvgIpc) is 3.09. The van der Waals surface area contributed by atoms with E-state index in [0.717, 1.165) is 0 Å². The largest absolute Gasteiger partial charge is 0.497 e. The highest BCUT2D eigenvalue weighted by Gasteiger charge is 2.36. The molecule has 1 N–H and O–H groups in total. The maximum absolute atomic E-state index is 12.5. The van der Waals surface area contributed by atoms with Gasteiger partial charge in [-0.1, -0.05) is 0 Å². The molecule has 0 aliphatic carbocycles. The van der Waals surface area contributed by atoms with Crippen molar-refractivity contribution in [3.63, 3.8) is 0 Å². The van der Waals surface area contributed by atoms with Crippen molar-refractivity contribution in [3.8, 4) is 11.5 Å². The molecular formula is C19H19N3O6. The number of nitrogens with zero attached hydrogens (tertiary/aromatic N) is 2. The molecule has 2 aromatic rings. The minimum absolute atomic E-state index is 0.0438. The molecule has 146 valence electrons. The third-order valence-corrected chi connectivity index (χ3v) is 4.52. The molecule has 28 heavy (non-hydrogen) atoms. The molecule has 1 saturated heterocycles. The Kier molecular flexibility index (Phi) is 5.44.